The molecule has 0 amide bonds. The van der Waals surface area contributed by atoms with Crippen molar-refractivity contribution in [1.82, 2.24) is 0 Å². The molecular formula is C36H76N2+2. The van der Waals surface area contributed by atoms with Gasteiger partial charge < -0.3 is 8.97 Å². The standard InChI is InChI=1S/C36H76N2/c1-7-9-11-13-15-17-19-21-23-25-30-37(3,4)33-35-28-27-29-36(32-35)34-38(5,6)31-26-24-22-20-18-16-14-12-10-8-2/h35-36H,7-34H2,1-6H3/q+2. The van der Waals surface area contributed by atoms with Crippen LogP contribution in [0.5, 0.6) is 0 Å². The molecule has 1 aliphatic rings. The first kappa shape index (κ1) is 35.9. The van der Waals surface area contributed by atoms with Crippen molar-refractivity contribution in [3.63, 3.8) is 0 Å². The highest BCUT2D eigenvalue weighted by Gasteiger charge is 2.31. The van der Waals surface area contributed by atoms with Gasteiger partial charge in [-0.05, 0) is 44.9 Å². The SMILES string of the molecule is CCCCCCCCCCCC[N+](C)(C)CC1CCCC(C[N+](C)(C)CCCCCCCCCCCC)C1. The Morgan fingerprint density at radius 3 is 1.03 bits per heavy atom. The predicted octanol–water partition coefficient (Wildman–Crippen LogP) is 10.8. The number of hydrogen-bond acceptors (Lipinski definition) is 0. The minimum atomic E-state index is 0.962. The lowest BCUT2D eigenvalue weighted by Gasteiger charge is -2.39. The molecule has 0 spiro atoms. The highest BCUT2D eigenvalue weighted by atomic mass is 15.3. The molecule has 0 bridgehead atoms. The van der Waals surface area contributed by atoms with Crippen molar-refractivity contribution in [2.24, 2.45) is 11.8 Å². The fourth-order valence-electron chi connectivity index (χ4n) is 7.37. The normalized spacial score (nSPS) is 18.8. The third kappa shape index (κ3) is 20.8. The van der Waals surface area contributed by atoms with E-state index in [2.05, 4.69) is 42.0 Å². The summed E-state index contributed by atoms with van der Waals surface area (Å²) in [4.78, 5) is 0. The monoisotopic (exact) mass is 537 g/mol. The van der Waals surface area contributed by atoms with Gasteiger partial charge in [-0.25, -0.2) is 0 Å². The Balaban J connectivity index is 2.13. The molecule has 38 heavy (non-hydrogen) atoms. The van der Waals surface area contributed by atoms with E-state index in [1.165, 1.54) is 189 Å². The summed E-state index contributed by atoms with van der Waals surface area (Å²) >= 11 is 0. The zero-order valence-electron chi connectivity index (χ0n) is 27.8. The van der Waals surface area contributed by atoms with E-state index in [0.717, 1.165) is 11.8 Å². The summed E-state index contributed by atoms with van der Waals surface area (Å²) in [5.74, 6) is 1.92. The second-order valence-corrected chi connectivity index (χ2v) is 14.9. The van der Waals surface area contributed by atoms with Gasteiger partial charge in [0.05, 0.1) is 54.4 Å². The molecule has 1 rings (SSSR count). The number of hydrogen-bond donors (Lipinski definition) is 0. The summed E-state index contributed by atoms with van der Waals surface area (Å²) < 4.78 is 2.51. The molecule has 0 heterocycles. The van der Waals surface area contributed by atoms with Crippen molar-refractivity contribution in [3.8, 4) is 0 Å². The molecule has 0 N–H and O–H groups in total. The van der Waals surface area contributed by atoms with E-state index in [9.17, 15) is 0 Å². The second-order valence-electron chi connectivity index (χ2n) is 14.9. The van der Waals surface area contributed by atoms with E-state index in [4.69, 9.17) is 0 Å². The summed E-state index contributed by atoms with van der Waals surface area (Å²) in [7, 11) is 10.1. The van der Waals surface area contributed by atoms with Crippen LogP contribution in [0.2, 0.25) is 0 Å². The number of quaternary nitrogens is 2. The van der Waals surface area contributed by atoms with Crippen LogP contribution in [0.1, 0.15) is 168 Å². The molecule has 1 aliphatic carbocycles. The van der Waals surface area contributed by atoms with Gasteiger partial charge in [0, 0.05) is 11.8 Å². The maximum Gasteiger partial charge on any atom is 0.0811 e. The summed E-state index contributed by atoms with van der Waals surface area (Å²) in [6, 6.07) is 0. The maximum absolute atomic E-state index is 2.52. The van der Waals surface area contributed by atoms with E-state index in [1.54, 1.807) is 0 Å². The molecule has 0 aliphatic heterocycles. The van der Waals surface area contributed by atoms with Gasteiger partial charge in [-0.2, -0.15) is 0 Å². The lowest BCUT2D eigenvalue weighted by Crippen LogP contribution is -2.47. The molecule has 1 fully saturated rings. The Morgan fingerprint density at radius 1 is 0.421 bits per heavy atom. The van der Waals surface area contributed by atoms with Crippen molar-refractivity contribution in [3.05, 3.63) is 0 Å². The average Bonchev–Trinajstić information content (AvgIpc) is 2.86. The van der Waals surface area contributed by atoms with Gasteiger partial charge in [0.1, 0.15) is 0 Å². The second kappa shape index (κ2) is 22.6. The van der Waals surface area contributed by atoms with E-state index in [1.807, 2.05) is 0 Å². The number of rotatable bonds is 26. The molecule has 0 radical (unpaired) electrons. The third-order valence-electron chi connectivity index (χ3n) is 9.63. The first-order valence-electron chi connectivity index (χ1n) is 17.9. The molecule has 2 heteroatoms. The van der Waals surface area contributed by atoms with E-state index in [0.29, 0.717) is 0 Å². The van der Waals surface area contributed by atoms with E-state index in [-0.39, 0.29) is 0 Å². The minimum absolute atomic E-state index is 0.962. The lowest BCUT2D eigenvalue weighted by atomic mass is 9.80. The van der Waals surface area contributed by atoms with Gasteiger partial charge in [-0.1, -0.05) is 123 Å². The van der Waals surface area contributed by atoms with Crippen LogP contribution >= 0.6 is 0 Å². The molecule has 2 nitrogen and oxygen atoms in total. The summed E-state index contributed by atoms with van der Waals surface area (Å²) in [5, 5.41) is 0. The smallest absolute Gasteiger partial charge is 0.0811 e. The Kier molecular flexibility index (Phi) is 21.4. The van der Waals surface area contributed by atoms with Crippen molar-refractivity contribution in [2.75, 3.05) is 54.4 Å². The van der Waals surface area contributed by atoms with Crippen LogP contribution in [-0.2, 0) is 0 Å². The van der Waals surface area contributed by atoms with Crippen LogP contribution in [0.4, 0.5) is 0 Å². The highest BCUT2D eigenvalue weighted by molar-refractivity contribution is 4.73. The zero-order valence-corrected chi connectivity index (χ0v) is 27.8. The molecule has 0 aromatic heterocycles. The molecule has 1 saturated carbocycles. The Morgan fingerprint density at radius 2 is 0.711 bits per heavy atom. The highest BCUT2D eigenvalue weighted by Crippen LogP contribution is 2.32. The Labute approximate surface area is 242 Å². The van der Waals surface area contributed by atoms with Gasteiger partial charge in [-0.3, -0.25) is 0 Å². The number of nitrogens with zero attached hydrogens (tertiary/aromatic N) is 2. The minimum Gasteiger partial charge on any atom is -0.328 e. The maximum atomic E-state index is 2.52. The van der Waals surface area contributed by atoms with Crippen LogP contribution in [0.3, 0.4) is 0 Å². The van der Waals surface area contributed by atoms with Crippen molar-refractivity contribution >= 4 is 0 Å². The molecule has 2 unspecified atom stereocenters. The van der Waals surface area contributed by atoms with Gasteiger partial charge in [0.25, 0.3) is 0 Å². The summed E-state index contributed by atoms with van der Waals surface area (Å²) in [5.41, 5.74) is 0. The van der Waals surface area contributed by atoms with Crippen LogP contribution in [0.15, 0.2) is 0 Å². The van der Waals surface area contributed by atoms with Crippen LogP contribution in [-0.4, -0.2) is 63.3 Å². The van der Waals surface area contributed by atoms with Gasteiger partial charge in [0.15, 0.2) is 0 Å². The van der Waals surface area contributed by atoms with Crippen LogP contribution in [0, 0.1) is 11.8 Å². The fraction of sp³-hybridized carbons (Fsp3) is 1.00. The van der Waals surface area contributed by atoms with Gasteiger partial charge in [-0.15, -0.1) is 0 Å². The van der Waals surface area contributed by atoms with Crippen molar-refractivity contribution in [1.29, 1.82) is 0 Å². The van der Waals surface area contributed by atoms with Crippen LogP contribution in [0.25, 0.3) is 0 Å². The number of unbranched alkanes of at least 4 members (excludes halogenated alkanes) is 18. The van der Waals surface area contributed by atoms with Gasteiger partial charge >= 0.3 is 0 Å². The Hall–Kier alpha value is -0.0800. The molecule has 0 aromatic rings. The van der Waals surface area contributed by atoms with Crippen molar-refractivity contribution in [2.45, 2.75) is 168 Å². The van der Waals surface area contributed by atoms with Gasteiger partial charge in [0.2, 0.25) is 0 Å². The molecule has 228 valence electrons. The zero-order chi connectivity index (χ0) is 28.0. The topological polar surface area (TPSA) is 0 Å². The van der Waals surface area contributed by atoms with E-state index >= 15 is 0 Å². The van der Waals surface area contributed by atoms with E-state index < -0.39 is 0 Å². The largest absolute Gasteiger partial charge is 0.328 e. The predicted molar refractivity (Wildman–Crippen MR) is 173 cm³/mol. The summed E-state index contributed by atoms with van der Waals surface area (Å²) in [6.07, 6.45) is 34.9. The quantitative estimate of drug-likeness (QED) is 0.0761. The molecular weight excluding hydrogens is 460 g/mol. The van der Waals surface area contributed by atoms with Crippen LogP contribution < -0.4 is 0 Å². The Bertz CT molecular complexity index is 467. The van der Waals surface area contributed by atoms with Crippen molar-refractivity contribution < 1.29 is 8.97 Å². The lowest BCUT2D eigenvalue weighted by molar-refractivity contribution is -0.897. The third-order valence-corrected chi connectivity index (χ3v) is 9.63. The fourth-order valence-corrected chi connectivity index (χ4v) is 7.37. The first-order valence-corrected chi connectivity index (χ1v) is 17.9. The average molecular weight is 537 g/mol. The molecule has 0 aromatic carbocycles. The molecule has 0 saturated heterocycles. The first-order chi connectivity index (χ1) is 18.3. The summed E-state index contributed by atoms with van der Waals surface area (Å²) in [6.45, 7) is 10.2. The molecule has 2 atom stereocenters.